The lowest BCUT2D eigenvalue weighted by molar-refractivity contribution is -0.143. The molecule has 1 aromatic carbocycles. The fourth-order valence-corrected chi connectivity index (χ4v) is 3.71. The summed E-state index contributed by atoms with van der Waals surface area (Å²) in [6.45, 7) is 0.557. The van der Waals surface area contributed by atoms with Gasteiger partial charge >= 0.3 is 0 Å². The Morgan fingerprint density at radius 1 is 1.50 bits per heavy atom. The fourth-order valence-electron chi connectivity index (χ4n) is 2.29. The van der Waals surface area contributed by atoms with Gasteiger partial charge in [0.25, 0.3) is 5.91 Å². The number of halogens is 1. The lowest BCUT2D eigenvalue weighted by Crippen LogP contribution is -2.35. The van der Waals surface area contributed by atoms with E-state index >= 15 is 0 Å². The number of thiazole rings is 1. The molecule has 1 unspecified atom stereocenters. The van der Waals surface area contributed by atoms with E-state index in [0.717, 1.165) is 14.9 Å². The van der Waals surface area contributed by atoms with Crippen molar-refractivity contribution in [3.8, 4) is 10.4 Å². The summed E-state index contributed by atoms with van der Waals surface area (Å²) >= 11 is 4.80. The second-order valence-electron chi connectivity index (χ2n) is 4.88. The molecule has 0 bridgehead atoms. The Kier molecular flexibility index (Phi) is 3.40. The van der Waals surface area contributed by atoms with Crippen LogP contribution in [0.15, 0.2) is 34.9 Å². The van der Waals surface area contributed by atoms with Gasteiger partial charge in [0.15, 0.2) is 5.60 Å². The number of nitrogens with zero attached hydrogens (tertiary/aromatic N) is 2. The Balaban J connectivity index is 1.97. The molecule has 1 aliphatic rings. The van der Waals surface area contributed by atoms with E-state index in [1.165, 1.54) is 11.3 Å². The van der Waals surface area contributed by atoms with E-state index in [-0.39, 0.29) is 5.91 Å². The smallest absolute Gasteiger partial charge is 0.261 e. The van der Waals surface area contributed by atoms with Gasteiger partial charge in [-0.2, -0.15) is 0 Å². The average Bonchev–Trinajstić information content (AvgIpc) is 3.02. The maximum absolute atomic E-state index is 12.1. The van der Waals surface area contributed by atoms with E-state index in [9.17, 15) is 9.90 Å². The van der Waals surface area contributed by atoms with Crippen LogP contribution in [0.5, 0.6) is 0 Å². The number of hydrogen-bond donors (Lipinski definition) is 1. The highest BCUT2D eigenvalue weighted by Crippen LogP contribution is 2.38. The topological polar surface area (TPSA) is 53.4 Å². The zero-order chi connectivity index (χ0) is 14.3. The van der Waals surface area contributed by atoms with E-state index in [1.807, 2.05) is 24.3 Å². The molecule has 0 radical (unpaired) electrons. The van der Waals surface area contributed by atoms with Crippen molar-refractivity contribution >= 4 is 33.2 Å². The zero-order valence-electron chi connectivity index (χ0n) is 10.8. The van der Waals surface area contributed by atoms with Crippen molar-refractivity contribution < 1.29 is 9.90 Å². The number of amides is 1. The van der Waals surface area contributed by atoms with Crippen LogP contribution in [0, 0.1) is 0 Å². The van der Waals surface area contributed by atoms with Crippen LogP contribution in [-0.2, 0) is 10.4 Å². The van der Waals surface area contributed by atoms with Gasteiger partial charge in [-0.25, -0.2) is 4.98 Å². The van der Waals surface area contributed by atoms with Crippen molar-refractivity contribution in [2.75, 3.05) is 13.6 Å². The van der Waals surface area contributed by atoms with Gasteiger partial charge in [-0.3, -0.25) is 4.79 Å². The second-order valence-corrected chi connectivity index (χ2v) is 6.82. The summed E-state index contributed by atoms with van der Waals surface area (Å²) in [6, 6.07) is 7.87. The summed E-state index contributed by atoms with van der Waals surface area (Å²) in [5, 5.41) is 11.0. The summed E-state index contributed by atoms with van der Waals surface area (Å²) in [5.41, 5.74) is -0.436. The minimum absolute atomic E-state index is 0.271. The number of likely N-dealkylation sites (N-methyl/N-ethyl adjacent to an activating group) is 1. The Labute approximate surface area is 129 Å². The first-order valence-electron chi connectivity index (χ1n) is 6.21. The highest BCUT2D eigenvalue weighted by molar-refractivity contribution is 9.10. The monoisotopic (exact) mass is 352 g/mol. The molecule has 104 valence electrons. The summed E-state index contributed by atoms with van der Waals surface area (Å²) < 4.78 is 0.986. The number of hydrogen-bond acceptors (Lipinski definition) is 4. The van der Waals surface area contributed by atoms with E-state index in [1.54, 1.807) is 18.1 Å². The first-order valence-corrected chi connectivity index (χ1v) is 7.82. The van der Waals surface area contributed by atoms with E-state index in [2.05, 4.69) is 20.9 Å². The molecule has 4 nitrogen and oxygen atoms in total. The fraction of sp³-hybridized carbons (Fsp3) is 0.286. The van der Waals surface area contributed by atoms with Crippen molar-refractivity contribution in [1.82, 2.24) is 9.88 Å². The first kappa shape index (κ1) is 13.7. The summed E-state index contributed by atoms with van der Waals surface area (Å²) in [7, 11) is 1.70. The number of aliphatic hydroxyl groups is 1. The Hall–Kier alpha value is -1.24. The van der Waals surface area contributed by atoms with Crippen LogP contribution in [0.3, 0.4) is 0 Å². The van der Waals surface area contributed by atoms with Crippen LogP contribution in [0.25, 0.3) is 10.4 Å². The summed E-state index contributed by atoms with van der Waals surface area (Å²) in [6.07, 6.45) is 2.11. The van der Waals surface area contributed by atoms with Crippen LogP contribution in [0.1, 0.15) is 11.4 Å². The van der Waals surface area contributed by atoms with Gasteiger partial charge in [0, 0.05) is 30.7 Å². The van der Waals surface area contributed by atoms with Crippen LogP contribution in [0.4, 0.5) is 0 Å². The lowest BCUT2D eigenvalue weighted by atomic mass is 10.0. The SMILES string of the molecule is CN1CCC(O)(c2ncc(-c3cccc(Br)c3)s2)C1=O. The third-order valence-corrected chi connectivity index (χ3v) is 5.17. The number of benzene rings is 1. The van der Waals surface area contributed by atoms with E-state index in [4.69, 9.17) is 0 Å². The standard InChI is InChI=1S/C14H13BrN2O2S/c1-17-6-5-14(19,13(17)18)12-16-8-11(20-12)9-3-2-4-10(15)7-9/h2-4,7-8,19H,5-6H2,1H3. The van der Waals surface area contributed by atoms with E-state index in [0.29, 0.717) is 18.0 Å². The molecule has 6 heteroatoms. The zero-order valence-corrected chi connectivity index (χ0v) is 13.2. The van der Waals surface area contributed by atoms with Crippen molar-refractivity contribution in [2.24, 2.45) is 0 Å². The predicted molar refractivity (Wildman–Crippen MR) is 81.4 cm³/mol. The lowest BCUT2D eigenvalue weighted by Gasteiger charge is -2.17. The summed E-state index contributed by atoms with van der Waals surface area (Å²) in [4.78, 5) is 18.8. The number of carbonyl (C=O) groups excluding carboxylic acids is 1. The van der Waals surface area contributed by atoms with Gasteiger partial charge in [0.2, 0.25) is 0 Å². The van der Waals surface area contributed by atoms with Gasteiger partial charge in [0.05, 0.1) is 4.88 Å². The molecule has 20 heavy (non-hydrogen) atoms. The molecule has 1 saturated heterocycles. The van der Waals surface area contributed by atoms with Crippen molar-refractivity contribution in [1.29, 1.82) is 0 Å². The maximum atomic E-state index is 12.1. The number of aromatic nitrogens is 1. The minimum atomic E-state index is -1.45. The van der Waals surface area contributed by atoms with Crippen LogP contribution in [-0.4, -0.2) is 34.5 Å². The Morgan fingerprint density at radius 2 is 2.30 bits per heavy atom. The molecule has 1 N–H and O–H groups in total. The molecule has 1 aliphatic heterocycles. The Bertz CT molecular complexity index is 673. The molecule has 2 aromatic rings. The predicted octanol–water partition coefficient (Wildman–Crippen LogP) is 2.62. The van der Waals surface area contributed by atoms with Gasteiger partial charge in [-0.15, -0.1) is 11.3 Å². The van der Waals surface area contributed by atoms with E-state index < -0.39 is 5.60 Å². The quantitative estimate of drug-likeness (QED) is 0.903. The van der Waals surface area contributed by atoms with Crippen molar-refractivity contribution in [3.05, 3.63) is 39.9 Å². The van der Waals surface area contributed by atoms with Gasteiger partial charge in [-0.1, -0.05) is 28.1 Å². The van der Waals surface area contributed by atoms with Crippen LogP contribution >= 0.6 is 27.3 Å². The molecule has 1 amide bonds. The molecule has 1 fully saturated rings. The van der Waals surface area contributed by atoms with Crippen molar-refractivity contribution in [2.45, 2.75) is 12.0 Å². The molecular formula is C14H13BrN2O2S. The average molecular weight is 353 g/mol. The highest BCUT2D eigenvalue weighted by Gasteiger charge is 2.47. The molecule has 3 rings (SSSR count). The van der Waals surface area contributed by atoms with Crippen LogP contribution < -0.4 is 0 Å². The molecule has 2 heterocycles. The normalized spacial score (nSPS) is 22.6. The third-order valence-electron chi connectivity index (χ3n) is 3.48. The van der Waals surface area contributed by atoms with Gasteiger partial charge in [-0.05, 0) is 17.7 Å². The molecular weight excluding hydrogens is 340 g/mol. The summed E-state index contributed by atoms with van der Waals surface area (Å²) in [5.74, 6) is -0.271. The maximum Gasteiger partial charge on any atom is 0.261 e. The van der Waals surface area contributed by atoms with Gasteiger partial charge in [0.1, 0.15) is 5.01 Å². The third kappa shape index (κ3) is 2.17. The number of carbonyl (C=O) groups is 1. The van der Waals surface area contributed by atoms with Crippen LogP contribution in [0.2, 0.25) is 0 Å². The molecule has 0 saturated carbocycles. The molecule has 0 aliphatic carbocycles. The largest absolute Gasteiger partial charge is 0.373 e. The number of likely N-dealkylation sites (tertiary alicyclic amines) is 1. The molecule has 1 atom stereocenters. The molecule has 0 spiro atoms. The second kappa shape index (κ2) is 4.95. The highest BCUT2D eigenvalue weighted by atomic mass is 79.9. The minimum Gasteiger partial charge on any atom is -0.373 e. The first-order chi connectivity index (χ1) is 9.50. The van der Waals surface area contributed by atoms with Crippen molar-refractivity contribution in [3.63, 3.8) is 0 Å². The molecule has 1 aromatic heterocycles. The number of rotatable bonds is 2. The Morgan fingerprint density at radius 3 is 2.95 bits per heavy atom. The van der Waals surface area contributed by atoms with Gasteiger partial charge < -0.3 is 10.0 Å².